The van der Waals surface area contributed by atoms with E-state index in [-0.39, 0.29) is 30.5 Å². The number of rotatable bonds is 7. The normalized spacial score (nSPS) is 15.0. The topological polar surface area (TPSA) is 76.2 Å². The third-order valence-corrected chi connectivity index (χ3v) is 7.61. The van der Waals surface area contributed by atoms with Crippen molar-refractivity contribution in [2.45, 2.75) is 32.1 Å². The fourth-order valence-corrected chi connectivity index (χ4v) is 5.25. The molecule has 0 unspecified atom stereocenters. The van der Waals surface area contributed by atoms with Crippen LogP contribution in [0.25, 0.3) is 0 Å². The van der Waals surface area contributed by atoms with E-state index in [2.05, 4.69) is 0 Å². The molecule has 1 aliphatic heterocycles. The highest BCUT2D eigenvalue weighted by molar-refractivity contribution is 7.89. The second-order valence-corrected chi connectivity index (χ2v) is 9.53. The molecule has 0 aromatic heterocycles. The molecule has 1 saturated heterocycles. The number of hydrogen-bond acceptors (Lipinski definition) is 5. The Morgan fingerprint density at radius 1 is 1.00 bits per heavy atom. The van der Waals surface area contributed by atoms with Crippen LogP contribution in [0.1, 0.15) is 23.6 Å². The second kappa shape index (κ2) is 9.70. The highest BCUT2D eigenvalue weighted by Gasteiger charge is 2.32. The van der Waals surface area contributed by atoms with Crippen LogP contribution in [0.3, 0.4) is 0 Å². The molecular weight excluding hydrogens is 416 g/mol. The number of amides is 1. The van der Waals surface area contributed by atoms with Gasteiger partial charge in [-0.2, -0.15) is 4.31 Å². The number of carbonyl (C=O) groups is 1. The summed E-state index contributed by atoms with van der Waals surface area (Å²) >= 11 is 0. The van der Waals surface area contributed by atoms with Crippen molar-refractivity contribution in [3.63, 3.8) is 0 Å². The highest BCUT2D eigenvalue weighted by atomic mass is 32.2. The highest BCUT2D eigenvalue weighted by Crippen LogP contribution is 2.30. The Morgan fingerprint density at radius 2 is 1.65 bits per heavy atom. The first kappa shape index (κ1) is 23.1. The molecule has 1 aliphatic rings. The van der Waals surface area contributed by atoms with Crippen LogP contribution in [0, 0.1) is 13.8 Å². The summed E-state index contributed by atoms with van der Waals surface area (Å²) in [6, 6.07) is 11.0. The van der Waals surface area contributed by atoms with Crippen LogP contribution in [0.5, 0.6) is 11.5 Å². The molecular formula is C23H30N2O5S. The molecule has 1 heterocycles. The lowest BCUT2D eigenvalue weighted by atomic mass is 10.1. The Hall–Kier alpha value is -2.58. The van der Waals surface area contributed by atoms with E-state index in [0.717, 1.165) is 23.1 Å². The second-order valence-electron chi connectivity index (χ2n) is 7.62. The minimum absolute atomic E-state index is 0.0608. The molecule has 0 aliphatic carbocycles. The zero-order valence-electron chi connectivity index (χ0n) is 18.6. The van der Waals surface area contributed by atoms with Crippen molar-refractivity contribution in [1.29, 1.82) is 0 Å². The van der Waals surface area contributed by atoms with Crippen molar-refractivity contribution >= 4 is 15.9 Å². The third kappa shape index (κ3) is 5.02. The lowest BCUT2D eigenvalue weighted by molar-refractivity contribution is -0.134. The van der Waals surface area contributed by atoms with Crippen molar-refractivity contribution in [1.82, 2.24) is 9.21 Å². The first-order valence-corrected chi connectivity index (χ1v) is 11.9. The number of aryl methyl sites for hydroxylation is 3. The van der Waals surface area contributed by atoms with Gasteiger partial charge in [-0.25, -0.2) is 8.42 Å². The van der Waals surface area contributed by atoms with Crippen LogP contribution in [0.2, 0.25) is 0 Å². The molecule has 2 aromatic rings. The van der Waals surface area contributed by atoms with E-state index >= 15 is 0 Å². The Balaban J connectivity index is 1.64. The van der Waals surface area contributed by atoms with E-state index in [0.29, 0.717) is 24.6 Å². The number of nitrogens with zero attached hydrogens (tertiary/aromatic N) is 2. The fraction of sp³-hybridized carbons (Fsp3) is 0.435. The van der Waals surface area contributed by atoms with Gasteiger partial charge in [-0.15, -0.1) is 0 Å². The van der Waals surface area contributed by atoms with Gasteiger partial charge < -0.3 is 14.4 Å². The van der Waals surface area contributed by atoms with Crippen molar-refractivity contribution < 1.29 is 22.7 Å². The maximum Gasteiger partial charge on any atom is 0.260 e. The van der Waals surface area contributed by atoms with Crippen LogP contribution in [0.4, 0.5) is 0 Å². The number of carbonyl (C=O) groups excluding carboxylic acids is 1. The molecule has 8 heteroatoms. The van der Waals surface area contributed by atoms with Gasteiger partial charge in [0.1, 0.15) is 16.4 Å². The standard InChI is InChI=1S/C23H30N2O5S/c1-5-19-8-6-7-9-20(19)30-16-23(26)24-10-12-25(13-11-24)31(27,28)22-15-18(3)17(2)14-21(22)29-4/h6-9,14-15H,5,10-13,16H2,1-4H3. The molecule has 7 nitrogen and oxygen atoms in total. The molecule has 0 N–H and O–H groups in total. The molecule has 2 aromatic carbocycles. The summed E-state index contributed by atoms with van der Waals surface area (Å²) < 4.78 is 38.9. The number of para-hydroxylation sites is 1. The first-order chi connectivity index (χ1) is 14.8. The van der Waals surface area contributed by atoms with E-state index in [1.165, 1.54) is 11.4 Å². The lowest BCUT2D eigenvalue weighted by Gasteiger charge is -2.34. The maximum atomic E-state index is 13.2. The number of ether oxygens (including phenoxy) is 2. The van der Waals surface area contributed by atoms with Crippen molar-refractivity contribution in [2.75, 3.05) is 39.9 Å². The Labute approximate surface area is 184 Å². The van der Waals surface area contributed by atoms with Crippen LogP contribution >= 0.6 is 0 Å². The molecule has 0 bridgehead atoms. The first-order valence-electron chi connectivity index (χ1n) is 10.4. The van der Waals surface area contributed by atoms with Crippen LogP contribution in [-0.4, -0.2) is 63.4 Å². The quantitative estimate of drug-likeness (QED) is 0.654. The molecule has 0 spiro atoms. The molecule has 0 saturated carbocycles. The average Bonchev–Trinajstić information content (AvgIpc) is 2.79. The predicted molar refractivity (Wildman–Crippen MR) is 119 cm³/mol. The molecule has 168 valence electrons. The Bertz CT molecular complexity index is 1040. The lowest BCUT2D eigenvalue weighted by Crippen LogP contribution is -2.51. The van der Waals surface area contributed by atoms with E-state index < -0.39 is 10.0 Å². The molecule has 31 heavy (non-hydrogen) atoms. The zero-order valence-corrected chi connectivity index (χ0v) is 19.4. The summed E-state index contributed by atoms with van der Waals surface area (Å²) in [7, 11) is -2.25. The van der Waals surface area contributed by atoms with Crippen LogP contribution in [0.15, 0.2) is 41.3 Å². The number of hydrogen-bond donors (Lipinski definition) is 0. The maximum absolute atomic E-state index is 13.2. The number of piperazine rings is 1. The molecule has 0 radical (unpaired) electrons. The van der Waals surface area contributed by atoms with Gasteiger partial charge in [0.2, 0.25) is 10.0 Å². The minimum Gasteiger partial charge on any atom is -0.495 e. The van der Waals surface area contributed by atoms with Gasteiger partial charge in [0.05, 0.1) is 7.11 Å². The average molecular weight is 447 g/mol. The van der Waals surface area contributed by atoms with Gasteiger partial charge >= 0.3 is 0 Å². The SMILES string of the molecule is CCc1ccccc1OCC(=O)N1CCN(S(=O)(=O)c2cc(C)c(C)cc2OC)CC1. The van der Waals surface area contributed by atoms with E-state index in [1.807, 2.05) is 45.0 Å². The third-order valence-electron chi connectivity index (χ3n) is 5.69. The van der Waals surface area contributed by atoms with Gasteiger partial charge in [0.15, 0.2) is 6.61 Å². The summed E-state index contributed by atoms with van der Waals surface area (Å²) in [5.41, 5.74) is 2.90. The molecule has 1 fully saturated rings. The van der Waals surface area contributed by atoms with Gasteiger partial charge in [-0.05, 0) is 55.2 Å². The van der Waals surface area contributed by atoms with Crippen LogP contribution in [-0.2, 0) is 21.2 Å². The fourth-order valence-electron chi connectivity index (χ4n) is 3.61. The number of sulfonamides is 1. The van der Waals surface area contributed by atoms with E-state index in [1.54, 1.807) is 17.0 Å². The monoisotopic (exact) mass is 446 g/mol. The van der Waals surface area contributed by atoms with E-state index in [4.69, 9.17) is 9.47 Å². The smallest absolute Gasteiger partial charge is 0.260 e. The Morgan fingerprint density at radius 3 is 2.29 bits per heavy atom. The Kier molecular flexibility index (Phi) is 7.23. The van der Waals surface area contributed by atoms with Crippen molar-refractivity contribution in [2.24, 2.45) is 0 Å². The van der Waals surface area contributed by atoms with Crippen LogP contribution < -0.4 is 9.47 Å². The summed E-state index contributed by atoms with van der Waals surface area (Å²) in [5.74, 6) is 0.901. The summed E-state index contributed by atoms with van der Waals surface area (Å²) in [6.45, 7) is 6.88. The summed E-state index contributed by atoms with van der Waals surface area (Å²) in [5, 5.41) is 0. The van der Waals surface area contributed by atoms with Crippen molar-refractivity contribution in [3.8, 4) is 11.5 Å². The molecule has 3 rings (SSSR count). The van der Waals surface area contributed by atoms with E-state index in [9.17, 15) is 13.2 Å². The van der Waals surface area contributed by atoms with Crippen molar-refractivity contribution in [3.05, 3.63) is 53.1 Å². The summed E-state index contributed by atoms with van der Waals surface area (Å²) in [4.78, 5) is 14.4. The minimum atomic E-state index is -3.72. The number of benzene rings is 2. The molecule has 1 amide bonds. The van der Waals surface area contributed by atoms with Gasteiger partial charge in [0.25, 0.3) is 5.91 Å². The predicted octanol–water partition coefficient (Wildman–Crippen LogP) is 2.79. The molecule has 0 atom stereocenters. The largest absolute Gasteiger partial charge is 0.495 e. The van der Waals surface area contributed by atoms with Gasteiger partial charge in [-0.1, -0.05) is 25.1 Å². The van der Waals surface area contributed by atoms with Gasteiger partial charge in [0, 0.05) is 26.2 Å². The number of methoxy groups -OCH3 is 1. The van der Waals surface area contributed by atoms with Gasteiger partial charge in [-0.3, -0.25) is 4.79 Å². The summed E-state index contributed by atoms with van der Waals surface area (Å²) in [6.07, 6.45) is 0.822. The zero-order chi connectivity index (χ0) is 22.6.